The fourth-order valence-electron chi connectivity index (χ4n) is 3.00. The second kappa shape index (κ2) is 8.25. The summed E-state index contributed by atoms with van der Waals surface area (Å²) in [5.41, 5.74) is 0.886. The van der Waals surface area contributed by atoms with Crippen LogP contribution in [0.5, 0.6) is 11.5 Å². The van der Waals surface area contributed by atoms with E-state index in [0.29, 0.717) is 21.1 Å². The molecule has 0 N–H and O–H groups in total. The van der Waals surface area contributed by atoms with E-state index in [2.05, 4.69) is 10.2 Å². The number of benzene rings is 2. The summed E-state index contributed by atoms with van der Waals surface area (Å²) < 4.78 is 12.0. The molecule has 0 aliphatic rings. The van der Waals surface area contributed by atoms with Crippen LogP contribution in [-0.2, 0) is 6.42 Å². The van der Waals surface area contributed by atoms with Crippen molar-refractivity contribution in [3.05, 3.63) is 89.5 Å². The van der Waals surface area contributed by atoms with Gasteiger partial charge in [0, 0.05) is 11.4 Å². The molecule has 4 aromatic rings. The number of hydrogen-bond acceptors (Lipinski definition) is 7. The summed E-state index contributed by atoms with van der Waals surface area (Å²) in [6, 6.07) is 12.4. The molecule has 2 heterocycles. The highest BCUT2D eigenvalue weighted by Crippen LogP contribution is 2.27. The van der Waals surface area contributed by atoms with Gasteiger partial charge in [-0.1, -0.05) is 41.1 Å². The Morgan fingerprint density at radius 1 is 1.00 bits per heavy atom. The smallest absolute Gasteiger partial charge is 0.283 e. The Labute approximate surface area is 179 Å². The first kappa shape index (κ1) is 20.1. The Hall–Kier alpha value is -3.23. The summed E-state index contributed by atoms with van der Waals surface area (Å²) >= 11 is 7.00. The average molecular weight is 442 g/mol. The molecule has 0 unspecified atom stereocenters. The lowest BCUT2D eigenvalue weighted by Crippen LogP contribution is -2.33. The quantitative estimate of drug-likeness (QED) is 0.472. The van der Waals surface area contributed by atoms with Gasteiger partial charge in [-0.3, -0.25) is 9.59 Å². The number of hydrogen-bond donors (Lipinski definition) is 0. The van der Waals surface area contributed by atoms with Gasteiger partial charge in [-0.25, -0.2) is 4.40 Å². The molecular formula is C21H16ClN3O4S. The zero-order valence-electron chi connectivity index (χ0n) is 16.1. The van der Waals surface area contributed by atoms with Crippen molar-refractivity contribution in [3.8, 4) is 11.5 Å². The average Bonchev–Trinajstić information content (AvgIpc) is 3.07. The molecule has 2 aromatic carbocycles. The number of halogens is 1. The van der Waals surface area contributed by atoms with Crippen LogP contribution >= 0.6 is 22.9 Å². The molecule has 0 saturated carbocycles. The maximum atomic E-state index is 12.9. The predicted octanol–water partition coefficient (Wildman–Crippen LogP) is 2.32. The summed E-state index contributed by atoms with van der Waals surface area (Å²) in [5, 5.41) is 8.72. The molecule has 0 aliphatic heterocycles. The van der Waals surface area contributed by atoms with Crippen molar-refractivity contribution in [2.45, 2.75) is 6.42 Å². The largest absolute Gasteiger partial charge is 0.493 e. The third-order valence-electron chi connectivity index (χ3n) is 4.50. The van der Waals surface area contributed by atoms with E-state index in [1.807, 2.05) is 0 Å². The third kappa shape index (κ3) is 3.79. The molecule has 0 radical (unpaired) electrons. The van der Waals surface area contributed by atoms with Gasteiger partial charge in [0.2, 0.25) is 4.96 Å². The monoisotopic (exact) mass is 441 g/mol. The van der Waals surface area contributed by atoms with E-state index in [0.717, 1.165) is 26.9 Å². The van der Waals surface area contributed by atoms with Crippen molar-refractivity contribution in [1.82, 2.24) is 14.6 Å². The van der Waals surface area contributed by atoms with E-state index in [-0.39, 0.29) is 17.1 Å². The van der Waals surface area contributed by atoms with Crippen molar-refractivity contribution in [2.24, 2.45) is 0 Å². The Morgan fingerprint density at radius 2 is 1.73 bits per heavy atom. The van der Waals surface area contributed by atoms with Crippen molar-refractivity contribution >= 4 is 34.0 Å². The van der Waals surface area contributed by atoms with Crippen molar-refractivity contribution in [2.75, 3.05) is 14.2 Å². The van der Waals surface area contributed by atoms with Gasteiger partial charge in [-0.15, -0.1) is 10.2 Å². The second-order valence-electron chi connectivity index (χ2n) is 6.40. The molecule has 0 saturated heterocycles. The first-order chi connectivity index (χ1) is 14.5. The number of methoxy groups -OCH3 is 2. The SMILES string of the molecule is COc1ccc(/C=c2\sc3nnc(Cc4ccc(Cl)cc4)c(=O)n3c2=O)cc1OC. The maximum Gasteiger partial charge on any atom is 0.283 e. The molecule has 4 rings (SSSR count). The number of ether oxygens (including phenoxy) is 2. The minimum Gasteiger partial charge on any atom is -0.493 e. The lowest BCUT2D eigenvalue weighted by atomic mass is 10.1. The van der Waals surface area contributed by atoms with Crippen LogP contribution in [0.3, 0.4) is 0 Å². The van der Waals surface area contributed by atoms with Gasteiger partial charge in [0.15, 0.2) is 11.5 Å². The van der Waals surface area contributed by atoms with Crippen molar-refractivity contribution < 1.29 is 9.47 Å². The van der Waals surface area contributed by atoms with Gasteiger partial charge in [0.1, 0.15) is 5.69 Å². The Kier molecular flexibility index (Phi) is 5.52. The van der Waals surface area contributed by atoms with Gasteiger partial charge >= 0.3 is 0 Å². The fourth-order valence-corrected chi connectivity index (χ4v) is 4.03. The van der Waals surface area contributed by atoms with Crippen LogP contribution in [0, 0.1) is 0 Å². The highest BCUT2D eigenvalue weighted by atomic mass is 35.5. The van der Waals surface area contributed by atoms with Crippen LogP contribution in [0.2, 0.25) is 5.02 Å². The van der Waals surface area contributed by atoms with Crippen molar-refractivity contribution in [3.63, 3.8) is 0 Å². The Morgan fingerprint density at radius 3 is 2.43 bits per heavy atom. The van der Waals surface area contributed by atoms with E-state index in [1.54, 1.807) is 55.7 Å². The second-order valence-corrected chi connectivity index (χ2v) is 7.85. The first-order valence-corrected chi connectivity index (χ1v) is 10.1. The molecule has 0 aliphatic carbocycles. The van der Waals surface area contributed by atoms with Crippen LogP contribution in [0.25, 0.3) is 11.0 Å². The molecule has 2 aromatic heterocycles. The van der Waals surface area contributed by atoms with E-state index in [9.17, 15) is 9.59 Å². The molecule has 0 fully saturated rings. The van der Waals surface area contributed by atoms with Gasteiger partial charge in [-0.2, -0.15) is 0 Å². The lowest BCUT2D eigenvalue weighted by Gasteiger charge is -2.07. The molecule has 152 valence electrons. The zero-order valence-corrected chi connectivity index (χ0v) is 17.7. The number of thiazole rings is 1. The van der Waals surface area contributed by atoms with Crippen LogP contribution in [0.15, 0.2) is 52.1 Å². The molecule has 7 nitrogen and oxygen atoms in total. The highest BCUT2D eigenvalue weighted by molar-refractivity contribution is 7.15. The lowest BCUT2D eigenvalue weighted by molar-refractivity contribution is 0.355. The molecule has 9 heteroatoms. The van der Waals surface area contributed by atoms with Crippen LogP contribution in [0.1, 0.15) is 16.8 Å². The van der Waals surface area contributed by atoms with E-state index >= 15 is 0 Å². The minimum absolute atomic E-state index is 0.197. The van der Waals surface area contributed by atoms with E-state index in [4.69, 9.17) is 21.1 Å². The topological polar surface area (TPSA) is 82.8 Å². The summed E-state index contributed by atoms with van der Waals surface area (Å²) in [7, 11) is 3.09. The maximum absolute atomic E-state index is 12.9. The first-order valence-electron chi connectivity index (χ1n) is 8.89. The molecule has 30 heavy (non-hydrogen) atoms. The van der Waals surface area contributed by atoms with Crippen LogP contribution in [0.4, 0.5) is 0 Å². The van der Waals surface area contributed by atoms with Gasteiger partial charge in [0.25, 0.3) is 11.1 Å². The molecular weight excluding hydrogens is 426 g/mol. The predicted molar refractivity (Wildman–Crippen MR) is 116 cm³/mol. The summed E-state index contributed by atoms with van der Waals surface area (Å²) in [6.45, 7) is 0. The van der Waals surface area contributed by atoms with Crippen molar-refractivity contribution in [1.29, 1.82) is 0 Å². The van der Waals surface area contributed by atoms with Gasteiger partial charge < -0.3 is 9.47 Å². The van der Waals surface area contributed by atoms with Crippen LogP contribution in [-0.4, -0.2) is 28.8 Å². The summed E-state index contributed by atoms with van der Waals surface area (Å²) in [6.07, 6.45) is 1.94. The number of aromatic nitrogens is 3. The van der Waals surface area contributed by atoms with E-state index in [1.165, 1.54) is 7.11 Å². The molecule has 0 bridgehead atoms. The Bertz CT molecular complexity index is 1400. The van der Waals surface area contributed by atoms with Crippen LogP contribution < -0.4 is 25.1 Å². The standard InChI is InChI=1S/C21H16ClN3O4S/c1-28-16-8-5-13(10-17(16)29-2)11-18-20(27)25-19(26)15(23-24-21(25)30-18)9-12-3-6-14(22)7-4-12/h3-8,10-11H,9H2,1-2H3/b18-11-. The summed E-state index contributed by atoms with van der Waals surface area (Å²) in [4.78, 5) is 26.0. The minimum atomic E-state index is -0.469. The Balaban J connectivity index is 1.78. The molecule has 0 amide bonds. The van der Waals surface area contributed by atoms with Gasteiger partial charge in [-0.05, 0) is 41.5 Å². The fraction of sp³-hybridized carbons (Fsp3) is 0.143. The summed E-state index contributed by atoms with van der Waals surface area (Å²) in [5.74, 6) is 1.13. The molecule has 0 spiro atoms. The van der Waals surface area contributed by atoms with E-state index < -0.39 is 11.1 Å². The number of nitrogens with zero attached hydrogens (tertiary/aromatic N) is 3. The third-order valence-corrected chi connectivity index (χ3v) is 5.71. The zero-order chi connectivity index (χ0) is 21.3. The number of fused-ring (bicyclic) bond motifs is 1. The van der Waals surface area contributed by atoms with Gasteiger partial charge in [0.05, 0.1) is 18.8 Å². The number of rotatable bonds is 5. The molecule has 0 atom stereocenters. The normalized spacial score (nSPS) is 11.8. The highest BCUT2D eigenvalue weighted by Gasteiger charge is 2.13.